The standard InChI is InChI=1S/C23H17N3O5/c27-26(28)16-5-3-4-15(10-16)23-25-19(17-6-1-2-7-20(17)31-23)12-18(24-25)14-8-9-21-22(11-14)30-13-29-21/h1-11,19,23H,12-13H2/t19-,23-/m1/s1. The Bertz CT molecular complexity index is 1240. The summed E-state index contributed by atoms with van der Waals surface area (Å²) in [6.07, 6.45) is 0.122. The summed E-state index contributed by atoms with van der Waals surface area (Å²) in [5.74, 6) is 2.20. The minimum atomic E-state index is -0.564. The zero-order valence-electron chi connectivity index (χ0n) is 16.3. The second-order valence-electron chi connectivity index (χ2n) is 7.57. The van der Waals surface area contributed by atoms with Crippen LogP contribution in [0.25, 0.3) is 0 Å². The predicted molar refractivity (Wildman–Crippen MR) is 111 cm³/mol. The van der Waals surface area contributed by atoms with Gasteiger partial charge < -0.3 is 14.2 Å². The number of para-hydroxylation sites is 1. The van der Waals surface area contributed by atoms with E-state index in [1.807, 2.05) is 53.5 Å². The number of ether oxygens (including phenoxy) is 3. The van der Waals surface area contributed by atoms with Crippen LogP contribution < -0.4 is 14.2 Å². The van der Waals surface area contributed by atoms with E-state index >= 15 is 0 Å². The zero-order valence-corrected chi connectivity index (χ0v) is 16.3. The smallest absolute Gasteiger partial charge is 0.269 e. The first kappa shape index (κ1) is 17.8. The van der Waals surface area contributed by atoms with Crippen molar-refractivity contribution in [3.05, 3.63) is 93.5 Å². The molecule has 3 aromatic rings. The molecule has 0 aromatic heterocycles. The van der Waals surface area contributed by atoms with Crippen LogP contribution in [-0.4, -0.2) is 22.4 Å². The average Bonchev–Trinajstić information content (AvgIpc) is 3.45. The van der Waals surface area contributed by atoms with Crippen molar-refractivity contribution in [2.24, 2.45) is 5.10 Å². The van der Waals surface area contributed by atoms with Gasteiger partial charge in [0.15, 0.2) is 11.5 Å². The van der Waals surface area contributed by atoms with E-state index in [1.54, 1.807) is 12.1 Å². The fourth-order valence-corrected chi connectivity index (χ4v) is 4.30. The summed E-state index contributed by atoms with van der Waals surface area (Å²) in [5.41, 5.74) is 3.61. The molecule has 0 unspecified atom stereocenters. The summed E-state index contributed by atoms with van der Waals surface area (Å²) < 4.78 is 17.2. The lowest BCUT2D eigenvalue weighted by molar-refractivity contribution is -0.385. The lowest BCUT2D eigenvalue weighted by Gasteiger charge is -2.38. The van der Waals surface area contributed by atoms with Crippen molar-refractivity contribution < 1.29 is 19.1 Å². The van der Waals surface area contributed by atoms with Crippen molar-refractivity contribution in [1.82, 2.24) is 5.01 Å². The molecule has 0 amide bonds. The number of hydrazone groups is 1. The Labute approximate surface area is 177 Å². The Kier molecular flexibility index (Phi) is 3.86. The molecule has 0 N–H and O–H groups in total. The summed E-state index contributed by atoms with van der Waals surface area (Å²) in [5, 5.41) is 18.1. The molecular formula is C23H17N3O5. The quantitative estimate of drug-likeness (QED) is 0.460. The van der Waals surface area contributed by atoms with E-state index in [-0.39, 0.29) is 18.5 Å². The van der Waals surface area contributed by atoms with Crippen molar-refractivity contribution in [2.75, 3.05) is 6.79 Å². The monoisotopic (exact) mass is 415 g/mol. The maximum absolute atomic E-state index is 11.3. The molecule has 0 aliphatic carbocycles. The Hall–Kier alpha value is -4.07. The van der Waals surface area contributed by atoms with Crippen molar-refractivity contribution in [3.63, 3.8) is 0 Å². The molecule has 0 fully saturated rings. The van der Waals surface area contributed by atoms with E-state index in [0.29, 0.717) is 17.7 Å². The molecule has 0 radical (unpaired) electrons. The molecular weight excluding hydrogens is 398 g/mol. The van der Waals surface area contributed by atoms with Crippen LogP contribution in [0.4, 0.5) is 5.69 Å². The van der Waals surface area contributed by atoms with Gasteiger partial charge in [-0.25, -0.2) is 5.01 Å². The molecule has 6 rings (SSSR count). The van der Waals surface area contributed by atoms with Crippen LogP contribution >= 0.6 is 0 Å². The van der Waals surface area contributed by atoms with Gasteiger partial charge in [0.2, 0.25) is 13.0 Å². The number of non-ortho nitro benzene ring substituents is 1. The number of hydrogen-bond acceptors (Lipinski definition) is 7. The van der Waals surface area contributed by atoms with Gasteiger partial charge >= 0.3 is 0 Å². The average molecular weight is 415 g/mol. The minimum Gasteiger partial charge on any atom is -0.464 e. The maximum Gasteiger partial charge on any atom is 0.269 e. The highest BCUT2D eigenvalue weighted by atomic mass is 16.7. The summed E-state index contributed by atoms with van der Waals surface area (Å²) in [7, 11) is 0. The van der Waals surface area contributed by atoms with Crippen LogP contribution in [0.2, 0.25) is 0 Å². The topological polar surface area (TPSA) is 86.4 Å². The van der Waals surface area contributed by atoms with Crippen LogP contribution in [0.1, 0.15) is 35.4 Å². The van der Waals surface area contributed by atoms with Gasteiger partial charge in [-0.15, -0.1) is 0 Å². The normalized spacial score (nSPS) is 20.5. The lowest BCUT2D eigenvalue weighted by Crippen LogP contribution is -2.33. The van der Waals surface area contributed by atoms with Gasteiger partial charge in [-0.1, -0.05) is 30.3 Å². The zero-order chi connectivity index (χ0) is 20.9. The summed E-state index contributed by atoms with van der Waals surface area (Å²) in [4.78, 5) is 10.9. The van der Waals surface area contributed by atoms with Crippen molar-refractivity contribution >= 4 is 11.4 Å². The maximum atomic E-state index is 11.3. The second-order valence-corrected chi connectivity index (χ2v) is 7.57. The fourth-order valence-electron chi connectivity index (χ4n) is 4.30. The fraction of sp³-hybridized carbons (Fsp3) is 0.174. The van der Waals surface area contributed by atoms with Gasteiger partial charge in [-0.2, -0.15) is 5.10 Å². The summed E-state index contributed by atoms with van der Waals surface area (Å²) >= 11 is 0. The summed E-state index contributed by atoms with van der Waals surface area (Å²) in [6.45, 7) is 0.218. The summed E-state index contributed by atoms with van der Waals surface area (Å²) in [6, 6.07) is 20.2. The Balaban J connectivity index is 1.43. The van der Waals surface area contributed by atoms with Crippen LogP contribution in [-0.2, 0) is 0 Å². The molecule has 3 heterocycles. The predicted octanol–water partition coefficient (Wildman–Crippen LogP) is 4.57. The molecule has 31 heavy (non-hydrogen) atoms. The molecule has 154 valence electrons. The highest BCUT2D eigenvalue weighted by Gasteiger charge is 2.41. The van der Waals surface area contributed by atoms with Crippen molar-refractivity contribution in [1.29, 1.82) is 0 Å². The van der Waals surface area contributed by atoms with Gasteiger partial charge in [0.25, 0.3) is 5.69 Å². The van der Waals surface area contributed by atoms with E-state index < -0.39 is 11.2 Å². The first-order chi connectivity index (χ1) is 15.2. The van der Waals surface area contributed by atoms with Crippen LogP contribution in [0.3, 0.4) is 0 Å². The SMILES string of the molecule is O=[N+]([O-])c1cccc([C@H]2Oc3ccccc3[C@H]3CC(c4ccc5c(c4)OCO5)=NN32)c1. The number of benzene rings is 3. The number of hydrogen-bond donors (Lipinski definition) is 0. The van der Waals surface area contributed by atoms with E-state index in [1.165, 1.54) is 6.07 Å². The molecule has 0 saturated heterocycles. The minimum absolute atomic E-state index is 0.0238. The highest BCUT2D eigenvalue weighted by Crippen LogP contribution is 2.48. The van der Waals surface area contributed by atoms with Gasteiger partial charge in [0.05, 0.1) is 16.7 Å². The van der Waals surface area contributed by atoms with Crippen molar-refractivity contribution in [3.8, 4) is 17.2 Å². The third-order valence-electron chi connectivity index (χ3n) is 5.77. The lowest BCUT2D eigenvalue weighted by atomic mass is 9.95. The van der Waals surface area contributed by atoms with Crippen LogP contribution in [0.15, 0.2) is 71.8 Å². The Morgan fingerprint density at radius 1 is 0.968 bits per heavy atom. The first-order valence-electron chi connectivity index (χ1n) is 9.93. The number of rotatable bonds is 3. The molecule has 8 heteroatoms. The van der Waals surface area contributed by atoms with E-state index in [2.05, 4.69) is 0 Å². The number of nitrogens with zero attached hydrogens (tertiary/aromatic N) is 3. The Morgan fingerprint density at radius 3 is 2.74 bits per heavy atom. The van der Waals surface area contributed by atoms with E-state index in [9.17, 15) is 10.1 Å². The molecule has 3 aliphatic heterocycles. The van der Waals surface area contributed by atoms with E-state index in [4.69, 9.17) is 19.3 Å². The molecule has 0 saturated carbocycles. The third-order valence-corrected chi connectivity index (χ3v) is 5.77. The largest absolute Gasteiger partial charge is 0.464 e. The number of fused-ring (bicyclic) bond motifs is 4. The molecule has 3 aromatic carbocycles. The third kappa shape index (κ3) is 2.87. The number of nitro benzene ring substituents is 1. The first-order valence-corrected chi connectivity index (χ1v) is 9.93. The molecule has 3 aliphatic rings. The molecule has 2 atom stereocenters. The van der Waals surface area contributed by atoms with Gasteiger partial charge in [-0.3, -0.25) is 10.1 Å². The molecule has 8 nitrogen and oxygen atoms in total. The Morgan fingerprint density at radius 2 is 1.84 bits per heavy atom. The van der Waals surface area contributed by atoms with Crippen LogP contribution in [0, 0.1) is 10.1 Å². The van der Waals surface area contributed by atoms with Crippen molar-refractivity contribution in [2.45, 2.75) is 18.7 Å². The van der Waals surface area contributed by atoms with E-state index in [0.717, 1.165) is 28.3 Å². The van der Waals surface area contributed by atoms with Gasteiger partial charge in [-0.05, 0) is 24.3 Å². The number of nitro groups is 1. The second kappa shape index (κ2) is 6.73. The van der Waals surface area contributed by atoms with Crippen LogP contribution in [0.5, 0.6) is 17.2 Å². The van der Waals surface area contributed by atoms with Gasteiger partial charge in [0, 0.05) is 35.2 Å². The molecule has 0 spiro atoms. The van der Waals surface area contributed by atoms with Gasteiger partial charge in [0.1, 0.15) is 5.75 Å². The highest BCUT2D eigenvalue weighted by molar-refractivity contribution is 6.02. The molecule has 0 bridgehead atoms.